The monoisotopic (exact) mass is 818 g/mol. The van der Waals surface area contributed by atoms with Gasteiger partial charge in [-0.15, -0.1) is 11.3 Å². The number of aromatic nitrogens is 1. The zero-order valence-corrected chi connectivity index (χ0v) is 35.1. The van der Waals surface area contributed by atoms with E-state index in [1.165, 1.54) is 102 Å². The fraction of sp³-hybridized carbons (Fsp3) is 0. The number of anilines is 3. The molecule has 2 aromatic heterocycles. The van der Waals surface area contributed by atoms with Crippen LogP contribution in [-0.2, 0) is 0 Å². The summed E-state index contributed by atoms with van der Waals surface area (Å²) >= 11 is 1.90. The largest absolute Gasteiger partial charge is 0.309 e. The summed E-state index contributed by atoms with van der Waals surface area (Å²) in [4.78, 5) is 2.45. The van der Waals surface area contributed by atoms with Crippen LogP contribution in [0.3, 0.4) is 0 Å². The Kier molecular flexibility index (Phi) is 8.12. The summed E-state index contributed by atoms with van der Waals surface area (Å²) in [6.45, 7) is 0. The number of hydrogen-bond acceptors (Lipinski definition) is 2. The van der Waals surface area contributed by atoms with E-state index in [2.05, 4.69) is 240 Å². The number of benzene rings is 11. The van der Waals surface area contributed by atoms with E-state index in [0.29, 0.717) is 0 Å². The molecule has 0 saturated heterocycles. The quantitative estimate of drug-likeness (QED) is 0.152. The van der Waals surface area contributed by atoms with Crippen LogP contribution in [0, 0.1) is 0 Å². The SMILES string of the molecule is c1cc(-c2ccc3c(ccc4ccccc43)c2)cc(N(c2ccc(-c3cccc(-n4c5ccccc5c5ccccc54)c3)cc2)c2cccc3c2sc2c4ccccc4ccc32)c1. The molecule has 13 rings (SSSR count). The molecule has 3 heteroatoms. The molecule has 2 heterocycles. The van der Waals surface area contributed by atoms with Gasteiger partial charge in [0, 0.05) is 43.3 Å². The van der Waals surface area contributed by atoms with Crippen molar-refractivity contribution in [1.29, 1.82) is 0 Å². The minimum atomic E-state index is 1.11. The molecule has 11 aromatic carbocycles. The summed E-state index contributed by atoms with van der Waals surface area (Å²) in [7, 11) is 0. The van der Waals surface area contributed by atoms with Gasteiger partial charge in [-0.3, -0.25) is 0 Å². The molecule has 0 fully saturated rings. The Hall–Kier alpha value is -7.98. The fourth-order valence-electron chi connectivity index (χ4n) is 9.96. The van der Waals surface area contributed by atoms with E-state index in [9.17, 15) is 0 Å². The Morgan fingerprint density at radius 2 is 0.841 bits per heavy atom. The number of thiophene rings is 1. The van der Waals surface area contributed by atoms with Gasteiger partial charge in [0.15, 0.2) is 0 Å². The van der Waals surface area contributed by atoms with Gasteiger partial charge in [0.25, 0.3) is 0 Å². The number of rotatable bonds is 6. The predicted octanol–water partition coefficient (Wildman–Crippen LogP) is 17.4. The topological polar surface area (TPSA) is 8.17 Å². The van der Waals surface area contributed by atoms with Crippen molar-refractivity contribution in [3.63, 3.8) is 0 Å². The molecule has 0 atom stereocenters. The number of para-hydroxylation sites is 2. The highest BCUT2D eigenvalue weighted by molar-refractivity contribution is 7.27. The van der Waals surface area contributed by atoms with E-state index in [4.69, 9.17) is 0 Å². The number of hydrogen-bond donors (Lipinski definition) is 0. The van der Waals surface area contributed by atoms with E-state index < -0.39 is 0 Å². The second-order valence-corrected chi connectivity index (χ2v) is 17.5. The molecule has 0 radical (unpaired) electrons. The molecule has 2 nitrogen and oxygen atoms in total. The highest BCUT2D eigenvalue weighted by atomic mass is 32.1. The van der Waals surface area contributed by atoms with Crippen molar-refractivity contribution in [2.45, 2.75) is 0 Å². The lowest BCUT2D eigenvalue weighted by molar-refractivity contribution is 1.18. The Labute approximate surface area is 368 Å². The van der Waals surface area contributed by atoms with Crippen LogP contribution in [0.4, 0.5) is 17.1 Å². The van der Waals surface area contributed by atoms with Gasteiger partial charge in [0.05, 0.1) is 21.4 Å². The van der Waals surface area contributed by atoms with Gasteiger partial charge >= 0.3 is 0 Å². The second-order valence-electron chi connectivity index (χ2n) is 16.5. The molecule has 0 spiro atoms. The zero-order valence-electron chi connectivity index (χ0n) is 34.2. The average molecular weight is 819 g/mol. The lowest BCUT2D eigenvalue weighted by Gasteiger charge is -2.27. The lowest BCUT2D eigenvalue weighted by atomic mass is 9.97. The van der Waals surface area contributed by atoms with Crippen LogP contribution in [-0.4, -0.2) is 4.57 Å². The van der Waals surface area contributed by atoms with Crippen molar-refractivity contribution in [1.82, 2.24) is 4.57 Å². The smallest absolute Gasteiger partial charge is 0.0640 e. The van der Waals surface area contributed by atoms with Crippen LogP contribution in [0.5, 0.6) is 0 Å². The molecule has 0 aliphatic heterocycles. The van der Waals surface area contributed by atoms with Crippen molar-refractivity contribution in [2.24, 2.45) is 0 Å². The highest BCUT2D eigenvalue weighted by Gasteiger charge is 2.20. The van der Waals surface area contributed by atoms with Gasteiger partial charge in [-0.05, 0) is 115 Å². The molecule has 13 aromatic rings. The van der Waals surface area contributed by atoms with Crippen LogP contribution >= 0.6 is 11.3 Å². The summed E-state index contributed by atoms with van der Waals surface area (Å²) in [5.74, 6) is 0. The lowest BCUT2D eigenvalue weighted by Crippen LogP contribution is -2.10. The van der Waals surface area contributed by atoms with Crippen molar-refractivity contribution >= 4 is 103 Å². The van der Waals surface area contributed by atoms with Crippen molar-refractivity contribution in [3.8, 4) is 27.9 Å². The van der Waals surface area contributed by atoms with Crippen molar-refractivity contribution in [3.05, 3.63) is 231 Å². The van der Waals surface area contributed by atoms with Crippen LogP contribution < -0.4 is 4.90 Å². The molecule has 0 aliphatic carbocycles. The van der Waals surface area contributed by atoms with Crippen LogP contribution in [0.25, 0.3) is 102 Å². The Balaban J connectivity index is 0.955. The van der Waals surface area contributed by atoms with Crippen LogP contribution in [0.15, 0.2) is 231 Å². The first-order valence-electron chi connectivity index (χ1n) is 21.6. The van der Waals surface area contributed by atoms with Gasteiger partial charge in [0.2, 0.25) is 0 Å². The maximum atomic E-state index is 2.45. The molecule has 0 amide bonds. The van der Waals surface area contributed by atoms with E-state index in [1.807, 2.05) is 11.3 Å². The molecule has 0 bridgehead atoms. The average Bonchev–Trinajstić information content (AvgIpc) is 3.91. The Morgan fingerprint density at radius 1 is 0.302 bits per heavy atom. The number of nitrogens with zero attached hydrogens (tertiary/aromatic N) is 2. The molecule has 0 N–H and O–H groups in total. The van der Waals surface area contributed by atoms with Gasteiger partial charge in [0.1, 0.15) is 0 Å². The molecular weight excluding hydrogens is 781 g/mol. The molecule has 63 heavy (non-hydrogen) atoms. The standard InChI is InChI=1S/C60H38N2S/c1-3-18-49-40(12-1)26-27-45-36-44(31-34-50(45)49)43-15-10-16-47(38-43)61(58-25-11-22-54-55-35-30-41-13-2-4-19-51(41)59(55)63-60(54)58)46-32-28-39(29-33-46)42-14-9-17-48(37-42)62-56-23-7-5-20-52(56)53-21-6-8-24-57(53)62/h1-38H. The third-order valence-corrected chi connectivity index (χ3v) is 14.2. The fourth-order valence-corrected chi connectivity index (χ4v) is 11.3. The van der Waals surface area contributed by atoms with E-state index >= 15 is 0 Å². The summed E-state index contributed by atoms with van der Waals surface area (Å²) in [6, 6.07) is 84.7. The summed E-state index contributed by atoms with van der Waals surface area (Å²) < 4.78 is 4.99. The van der Waals surface area contributed by atoms with Gasteiger partial charge in [-0.1, -0.05) is 170 Å². The maximum absolute atomic E-state index is 2.45. The van der Waals surface area contributed by atoms with Crippen molar-refractivity contribution < 1.29 is 0 Å². The zero-order chi connectivity index (χ0) is 41.4. The first-order valence-corrected chi connectivity index (χ1v) is 22.4. The highest BCUT2D eigenvalue weighted by Crippen LogP contribution is 2.47. The van der Waals surface area contributed by atoms with Crippen LogP contribution in [0.1, 0.15) is 0 Å². The normalized spacial score (nSPS) is 11.8. The Morgan fingerprint density at radius 3 is 1.63 bits per heavy atom. The molecule has 0 saturated carbocycles. The molecule has 0 aliphatic rings. The van der Waals surface area contributed by atoms with E-state index in [0.717, 1.165) is 17.1 Å². The Bertz CT molecular complexity index is 3870. The van der Waals surface area contributed by atoms with Crippen LogP contribution in [0.2, 0.25) is 0 Å². The summed E-state index contributed by atoms with van der Waals surface area (Å²) in [6.07, 6.45) is 0. The molecular formula is C60H38N2S. The number of fused-ring (bicyclic) bond motifs is 11. The summed E-state index contributed by atoms with van der Waals surface area (Å²) in [5, 5.41) is 12.7. The molecule has 294 valence electrons. The van der Waals surface area contributed by atoms with E-state index in [1.54, 1.807) is 0 Å². The third kappa shape index (κ3) is 5.78. The molecule has 0 unspecified atom stereocenters. The van der Waals surface area contributed by atoms with Gasteiger partial charge in [-0.25, -0.2) is 0 Å². The first-order chi connectivity index (χ1) is 31.2. The first kappa shape index (κ1) is 35.7. The minimum absolute atomic E-state index is 1.11. The van der Waals surface area contributed by atoms with Crippen molar-refractivity contribution in [2.75, 3.05) is 4.90 Å². The predicted molar refractivity (Wildman–Crippen MR) is 272 cm³/mol. The van der Waals surface area contributed by atoms with Gasteiger partial charge in [-0.2, -0.15) is 0 Å². The minimum Gasteiger partial charge on any atom is -0.309 e. The summed E-state index contributed by atoms with van der Waals surface area (Å²) in [5.41, 5.74) is 11.7. The van der Waals surface area contributed by atoms with E-state index in [-0.39, 0.29) is 0 Å². The third-order valence-electron chi connectivity index (χ3n) is 12.9. The second kappa shape index (κ2) is 14.3. The maximum Gasteiger partial charge on any atom is 0.0640 e. The van der Waals surface area contributed by atoms with Gasteiger partial charge < -0.3 is 9.47 Å².